The van der Waals surface area contributed by atoms with Gasteiger partial charge in [0.25, 0.3) is 0 Å². The average Bonchev–Trinajstić information content (AvgIpc) is 2.70. The van der Waals surface area contributed by atoms with Crippen LogP contribution < -0.4 is 10.2 Å². The van der Waals surface area contributed by atoms with Gasteiger partial charge in [-0.3, -0.25) is 4.79 Å². The standard InChI is InChI=1S/C17H24N2O/c20-17(13-15-9-3-5-11-18-15)19-12-6-4-8-14-7-1-2-10-16(14)19/h1-2,7,10,15,18H,3-6,8-9,11-13H2. The normalized spacial score (nSPS) is 23.0. The van der Waals surface area contributed by atoms with Crippen molar-refractivity contribution in [3.63, 3.8) is 0 Å². The number of nitrogens with zero attached hydrogens (tertiary/aromatic N) is 1. The monoisotopic (exact) mass is 272 g/mol. The second-order valence-electron chi connectivity index (χ2n) is 5.98. The Morgan fingerprint density at radius 3 is 2.95 bits per heavy atom. The third-order valence-corrected chi connectivity index (χ3v) is 4.49. The first-order valence-corrected chi connectivity index (χ1v) is 7.96. The molecule has 0 aliphatic carbocycles. The molecule has 1 unspecified atom stereocenters. The van der Waals surface area contributed by atoms with Gasteiger partial charge in [-0.05, 0) is 50.3 Å². The largest absolute Gasteiger partial charge is 0.313 e. The zero-order chi connectivity index (χ0) is 13.8. The first kappa shape index (κ1) is 13.6. The third-order valence-electron chi connectivity index (χ3n) is 4.49. The summed E-state index contributed by atoms with van der Waals surface area (Å²) in [6, 6.07) is 8.78. The lowest BCUT2D eigenvalue weighted by molar-refractivity contribution is -0.119. The quantitative estimate of drug-likeness (QED) is 0.898. The number of carbonyl (C=O) groups excluding carboxylic acids is 1. The van der Waals surface area contributed by atoms with Crippen LogP contribution in [0.5, 0.6) is 0 Å². The molecule has 0 aromatic heterocycles. The number of benzene rings is 1. The van der Waals surface area contributed by atoms with Crippen molar-refractivity contribution in [1.82, 2.24) is 5.32 Å². The van der Waals surface area contributed by atoms with Crippen LogP contribution >= 0.6 is 0 Å². The molecule has 108 valence electrons. The van der Waals surface area contributed by atoms with Gasteiger partial charge < -0.3 is 10.2 Å². The fourth-order valence-corrected chi connectivity index (χ4v) is 3.37. The molecule has 0 bridgehead atoms. The van der Waals surface area contributed by atoms with Gasteiger partial charge in [0.2, 0.25) is 5.91 Å². The first-order chi connectivity index (χ1) is 9.84. The van der Waals surface area contributed by atoms with Gasteiger partial charge in [0, 0.05) is 24.7 Å². The molecule has 2 aliphatic rings. The number of fused-ring (bicyclic) bond motifs is 1. The number of aryl methyl sites for hydroxylation is 1. The number of amides is 1. The van der Waals surface area contributed by atoms with Crippen LogP contribution in [0, 0.1) is 0 Å². The van der Waals surface area contributed by atoms with Crippen molar-refractivity contribution in [2.45, 2.75) is 51.0 Å². The second-order valence-corrected chi connectivity index (χ2v) is 5.98. The van der Waals surface area contributed by atoms with Gasteiger partial charge in [0.1, 0.15) is 0 Å². The maximum Gasteiger partial charge on any atom is 0.228 e. The summed E-state index contributed by atoms with van der Waals surface area (Å²) < 4.78 is 0. The lowest BCUT2D eigenvalue weighted by Crippen LogP contribution is -2.41. The summed E-state index contributed by atoms with van der Waals surface area (Å²) in [6.45, 7) is 1.94. The van der Waals surface area contributed by atoms with Crippen molar-refractivity contribution in [1.29, 1.82) is 0 Å². The minimum Gasteiger partial charge on any atom is -0.313 e. The molecular weight excluding hydrogens is 248 g/mol. The molecule has 1 atom stereocenters. The topological polar surface area (TPSA) is 32.3 Å². The zero-order valence-electron chi connectivity index (χ0n) is 12.1. The summed E-state index contributed by atoms with van der Waals surface area (Å²) in [5.41, 5.74) is 2.47. The van der Waals surface area contributed by atoms with Gasteiger partial charge in [-0.25, -0.2) is 0 Å². The summed E-state index contributed by atoms with van der Waals surface area (Å²) in [5.74, 6) is 0.291. The minimum atomic E-state index is 0.291. The number of hydrogen-bond donors (Lipinski definition) is 1. The summed E-state index contributed by atoms with van der Waals surface area (Å²) in [7, 11) is 0. The molecule has 2 aliphatic heterocycles. The Bertz CT molecular complexity index is 466. The molecule has 0 spiro atoms. The van der Waals surface area contributed by atoms with Crippen LogP contribution in [-0.4, -0.2) is 25.0 Å². The lowest BCUT2D eigenvalue weighted by Gasteiger charge is -2.28. The van der Waals surface area contributed by atoms with Gasteiger partial charge in [-0.2, -0.15) is 0 Å². The molecule has 1 aromatic carbocycles. The van der Waals surface area contributed by atoms with E-state index < -0.39 is 0 Å². The van der Waals surface area contributed by atoms with E-state index in [-0.39, 0.29) is 0 Å². The van der Waals surface area contributed by atoms with Crippen LogP contribution in [0.1, 0.15) is 44.1 Å². The van der Waals surface area contributed by atoms with E-state index in [4.69, 9.17) is 0 Å². The second kappa shape index (κ2) is 6.40. The molecule has 2 heterocycles. The number of piperidine rings is 1. The van der Waals surface area contributed by atoms with Crippen LogP contribution in [-0.2, 0) is 11.2 Å². The van der Waals surface area contributed by atoms with Gasteiger partial charge in [-0.15, -0.1) is 0 Å². The molecule has 1 fully saturated rings. The first-order valence-electron chi connectivity index (χ1n) is 7.96. The Labute approximate surface area is 121 Å². The molecule has 3 rings (SSSR count). The van der Waals surface area contributed by atoms with Crippen LogP contribution in [0.15, 0.2) is 24.3 Å². The fraction of sp³-hybridized carbons (Fsp3) is 0.588. The van der Waals surface area contributed by atoms with Crippen LogP contribution in [0.4, 0.5) is 5.69 Å². The van der Waals surface area contributed by atoms with Crippen molar-refractivity contribution >= 4 is 11.6 Å². The van der Waals surface area contributed by atoms with Gasteiger partial charge in [0.15, 0.2) is 0 Å². The number of rotatable bonds is 2. The van der Waals surface area contributed by atoms with Crippen molar-refractivity contribution < 1.29 is 4.79 Å². The molecule has 0 radical (unpaired) electrons. The molecule has 1 amide bonds. The lowest BCUT2D eigenvalue weighted by atomic mass is 10.0. The van der Waals surface area contributed by atoms with E-state index in [1.807, 2.05) is 11.0 Å². The van der Waals surface area contributed by atoms with E-state index in [1.54, 1.807) is 0 Å². The number of anilines is 1. The summed E-state index contributed by atoms with van der Waals surface area (Å²) >= 11 is 0. The minimum absolute atomic E-state index is 0.291. The highest BCUT2D eigenvalue weighted by molar-refractivity contribution is 5.94. The Morgan fingerprint density at radius 1 is 1.20 bits per heavy atom. The van der Waals surface area contributed by atoms with Crippen LogP contribution in [0.2, 0.25) is 0 Å². The highest BCUT2D eigenvalue weighted by atomic mass is 16.2. The van der Waals surface area contributed by atoms with Crippen LogP contribution in [0.3, 0.4) is 0 Å². The van der Waals surface area contributed by atoms with Crippen LogP contribution in [0.25, 0.3) is 0 Å². The molecule has 20 heavy (non-hydrogen) atoms. The number of carbonyl (C=O) groups is 1. The Morgan fingerprint density at radius 2 is 2.10 bits per heavy atom. The molecular formula is C17H24N2O. The number of hydrogen-bond acceptors (Lipinski definition) is 2. The summed E-state index contributed by atoms with van der Waals surface area (Å²) in [4.78, 5) is 14.7. The Balaban J connectivity index is 1.73. The molecule has 0 saturated carbocycles. The number of nitrogens with one attached hydrogen (secondary N) is 1. The van der Waals surface area contributed by atoms with E-state index in [0.29, 0.717) is 18.4 Å². The molecule has 1 saturated heterocycles. The van der Waals surface area contributed by atoms with Crippen molar-refractivity contribution in [2.75, 3.05) is 18.0 Å². The van der Waals surface area contributed by atoms with E-state index in [0.717, 1.165) is 38.0 Å². The van der Waals surface area contributed by atoms with Gasteiger partial charge >= 0.3 is 0 Å². The maximum atomic E-state index is 12.7. The third kappa shape index (κ3) is 3.04. The molecule has 1 N–H and O–H groups in total. The zero-order valence-corrected chi connectivity index (χ0v) is 12.1. The van der Waals surface area contributed by atoms with Crippen molar-refractivity contribution in [3.05, 3.63) is 29.8 Å². The number of para-hydroxylation sites is 1. The summed E-state index contributed by atoms with van der Waals surface area (Å²) in [5, 5.41) is 3.48. The predicted octanol–water partition coefficient (Wildman–Crippen LogP) is 2.89. The Kier molecular flexibility index (Phi) is 4.36. The Hall–Kier alpha value is -1.35. The predicted molar refractivity (Wildman–Crippen MR) is 82.0 cm³/mol. The smallest absolute Gasteiger partial charge is 0.228 e. The van der Waals surface area contributed by atoms with Crippen molar-refractivity contribution in [2.24, 2.45) is 0 Å². The van der Waals surface area contributed by atoms with E-state index >= 15 is 0 Å². The molecule has 3 heteroatoms. The SMILES string of the molecule is O=C(CC1CCCCN1)N1CCCCc2ccccc21. The molecule has 3 nitrogen and oxygen atoms in total. The molecule has 1 aromatic rings. The van der Waals surface area contributed by atoms with E-state index in [2.05, 4.69) is 23.5 Å². The highest BCUT2D eigenvalue weighted by Gasteiger charge is 2.24. The van der Waals surface area contributed by atoms with Gasteiger partial charge in [0.05, 0.1) is 0 Å². The summed E-state index contributed by atoms with van der Waals surface area (Å²) in [6.07, 6.45) is 7.68. The fourth-order valence-electron chi connectivity index (χ4n) is 3.37. The van der Waals surface area contributed by atoms with E-state index in [9.17, 15) is 4.79 Å². The maximum absolute atomic E-state index is 12.7. The van der Waals surface area contributed by atoms with E-state index in [1.165, 1.54) is 24.8 Å². The van der Waals surface area contributed by atoms with Crippen molar-refractivity contribution in [3.8, 4) is 0 Å². The highest BCUT2D eigenvalue weighted by Crippen LogP contribution is 2.27. The van der Waals surface area contributed by atoms with Gasteiger partial charge in [-0.1, -0.05) is 24.6 Å². The average molecular weight is 272 g/mol.